The van der Waals surface area contributed by atoms with Gasteiger partial charge >= 0.3 is 0 Å². The smallest absolute Gasteiger partial charge is 0.180 e. The zero-order chi connectivity index (χ0) is 14.0. The molecule has 6 heteroatoms. The summed E-state index contributed by atoms with van der Waals surface area (Å²) < 4.78 is 0. The highest BCUT2D eigenvalue weighted by Gasteiger charge is 2.18. The second-order valence-electron chi connectivity index (χ2n) is 4.03. The number of hydrogen-bond acceptors (Lipinski definition) is 2. The van der Waals surface area contributed by atoms with Gasteiger partial charge in [0, 0.05) is 6.42 Å². The number of ketones is 1. The highest BCUT2D eigenvalue weighted by Crippen LogP contribution is 2.33. The second-order valence-corrected chi connectivity index (χ2v) is 5.17. The average Bonchev–Trinajstić information content (AvgIpc) is 2.65. The number of carbonyl (C=O) groups is 1. The largest absolute Gasteiger partial charge is 0.508 e. The number of aryl methyl sites for hydroxylation is 1. The lowest BCUT2D eigenvalue weighted by molar-refractivity contribution is 0.0979. The van der Waals surface area contributed by atoms with Gasteiger partial charge in [-0.1, -0.05) is 46.9 Å². The third kappa shape index (κ3) is 3.24. The van der Waals surface area contributed by atoms with Gasteiger partial charge in [-0.15, -0.1) is 0 Å². The zero-order valence-electron chi connectivity index (χ0n) is 9.71. The molecular formula is C13H10Cl3NO2. The molecule has 0 saturated heterocycles. The summed E-state index contributed by atoms with van der Waals surface area (Å²) in [5.41, 5.74) is 1.18. The van der Waals surface area contributed by atoms with Gasteiger partial charge in [0.25, 0.3) is 0 Å². The molecule has 0 aliphatic heterocycles. The molecule has 2 N–H and O–H groups in total. The Morgan fingerprint density at radius 2 is 1.74 bits per heavy atom. The highest BCUT2D eigenvalue weighted by molar-refractivity contribution is 6.49. The number of aromatic hydroxyl groups is 1. The number of aromatic amines is 1. The average molecular weight is 319 g/mol. The molecule has 0 aliphatic carbocycles. The van der Waals surface area contributed by atoms with E-state index in [-0.39, 0.29) is 38.8 Å². The highest BCUT2D eigenvalue weighted by atomic mass is 35.5. The van der Waals surface area contributed by atoms with Crippen LogP contribution in [0.15, 0.2) is 24.3 Å². The Kier molecular flexibility index (Phi) is 4.40. The molecular weight excluding hydrogens is 309 g/mol. The molecule has 0 atom stereocenters. The first-order valence-electron chi connectivity index (χ1n) is 5.52. The third-order valence-corrected chi connectivity index (χ3v) is 3.93. The predicted octanol–water partition coefficient (Wildman–Crippen LogP) is 4.50. The zero-order valence-corrected chi connectivity index (χ0v) is 12.0. The summed E-state index contributed by atoms with van der Waals surface area (Å²) in [4.78, 5) is 14.7. The molecule has 2 aromatic rings. The summed E-state index contributed by atoms with van der Waals surface area (Å²) in [7, 11) is 0. The van der Waals surface area contributed by atoms with Crippen molar-refractivity contribution in [2.45, 2.75) is 12.8 Å². The van der Waals surface area contributed by atoms with Crippen molar-refractivity contribution in [3.8, 4) is 5.75 Å². The van der Waals surface area contributed by atoms with Crippen LogP contribution in [0, 0.1) is 0 Å². The number of benzene rings is 1. The van der Waals surface area contributed by atoms with E-state index in [1.165, 1.54) is 0 Å². The van der Waals surface area contributed by atoms with Crippen LogP contribution in [0.3, 0.4) is 0 Å². The number of rotatable bonds is 4. The first kappa shape index (κ1) is 14.3. The van der Waals surface area contributed by atoms with E-state index in [1.807, 2.05) is 0 Å². The molecule has 1 heterocycles. The van der Waals surface area contributed by atoms with Crippen LogP contribution >= 0.6 is 34.8 Å². The van der Waals surface area contributed by atoms with Crippen LogP contribution in [0.4, 0.5) is 0 Å². The number of phenolic OH excluding ortho intramolecular Hbond substituents is 1. The minimum absolute atomic E-state index is 0.155. The monoisotopic (exact) mass is 317 g/mol. The second kappa shape index (κ2) is 5.87. The summed E-state index contributed by atoms with van der Waals surface area (Å²) in [6.45, 7) is 0. The van der Waals surface area contributed by atoms with Gasteiger partial charge in [0.15, 0.2) is 5.78 Å². The summed E-state index contributed by atoms with van der Waals surface area (Å²) in [6, 6.07) is 6.68. The quantitative estimate of drug-likeness (QED) is 0.816. The molecule has 19 heavy (non-hydrogen) atoms. The number of Topliss-reactive ketones (excluding diaryl/α,β-unsaturated/α-hetero) is 1. The molecule has 100 valence electrons. The number of phenols is 1. The first-order chi connectivity index (χ1) is 8.99. The first-order valence-corrected chi connectivity index (χ1v) is 6.66. The van der Waals surface area contributed by atoms with Gasteiger partial charge < -0.3 is 10.1 Å². The van der Waals surface area contributed by atoms with Crippen molar-refractivity contribution in [2.24, 2.45) is 0 Å². The Balaban J connectivity index is 2.05. The number of nitrogens with one attached hydrogen (secondary N) is 1. The molecule has 0 unspecified atom stereocenters. The fourth-order valence-electron chi connectivity index (χ4n) is 1.66. The van der Waals surface area contributed by atoms with Gasteiger partial charge in [-0.25, -0.2) is 0 Å². The maximum atomic E-state index is 12.0. The van der Waals surface area contributed by atoms with Gasteiger partial charge in [0.1, 0.15) is 16.6 Å². The van der Waals surface area contributed by atoms with E-state index >= 15 is 0 Å². The molecule has 0 bridgehead atoms. The molecule has 0 spiro atoms. The molecule has 0 saturated carbocycles. The number of H-pyrrole nitrogens is 1. The Morgan fingerprint density at radius 1 is 1.11 bits per heavy atom. The van der Waals surface area contributed by atoms with Gasteiger partial charge in [0.2, 0.25) is 0 Å². The fourth-order valence-corrected chi connectivity index (χ4v) is 2.29. The van der Waals surface area contributed by atoms with Crippen molar-refractivity contribution in [1.82, 2.24) is 4.98 Å². The lowest BCUT2D eigenvalue weighted by Gasteiger charge is -2.01. The van der Waals surface area contributed by atoms with Crippen LogP contribution in [-0.2, 0) is 6.42 Å². The summed E-state index contributed by atoms with van der Waals surface area (Å²) in [6.07, 6.45) is 0.821. The van der Waals surface area contributed by atoms with Crippen LogP contribution in [-0.4, -0.2) is 15.9 Å². The van der Waals surface area contributed by atoms with Crippen molar-refractivity contribution < 1.29 is 9.90 Å². The van der Waals surface area contributed by atoms with E-state index < -0.39 is 0 Å². The Labute approximate surface area is 125 Å². The Morgan fingerprint density at radius 3 is 2.26 bits per heavy atom. The standard InChI is InChI=1S/C13H10Cl3NO2/c14-10-11(15)13(16)17-12(10)9(19)6-3-7-1-4-8(18)5-2-7/h1-2,4-5,17-18H,3,6H2. The summed E-state index contributed by atoms with van der Waals surface area (Å²) in [5.74, 6) is 0.0351. The lowest BCUT2D eigenvalue weighted by Crippen LogP contribution is -2.02. The predicted molar refractivity (Wildman–Crippen MR) is 76.6 cm³/mol. The third-order valence-electron chi connectivity index (χ3n) is 2.70. The SMILES string of the molecule is O=C(CCc1ccc(O)cc1)c1[nH]c(Cl)c(Cl)c1Cl. The Hall–Kier alpha value is -1.16. The van der Waals surface area contributed by atoms with Gasteiger partial charge in [-0.3, -0.25) is 4.79 Å². The molecule has 2 rings (SSSR count). The van der Waals surface area contributed by atoms with Gasteiger partial charge in [0.05, 0.1) is 10.0 Å². The lowest BCUT2D eigenvalue weighted by atomic mass is 10.1. The number of aromatic nitrogens is 1. The van der Waals surface area contributed by atoms with Crippen molar-refractivity contribution >= 4 is 40.6 Å². The van der Waals surface area contributed by atoms with Crippen LogP contribution in [0.25, 0.3) is 0 Å². The van der Waals surface area contributed by atoms with Crippen molar-refractivity contribution in [2.75, 3.05) is 0 Å². The minimum Gasteiger partial charge on any atom is -0.508 e. The van der Waals surface area contributed by atoms with E-state index in [9.17, 15) is 4.79 Å². The molecule has 3 nitrogen and oxygen atoms in total. The van der Waals surface area contributed by atoms with Crippen LogP contribution in [0.2, 0.25) is 15.2 Å². The minimum atomic E-state index is -0.160. The van der Waals surface area contributed by atoms with E-state index in [0.717, 1.165) is 5.56 Å². The number of carbonyl (C=O) groups excluding carboxylic acids is 1. The van der Waals surface area contributed by atoms with E-state index in [2.05, 4.69) is 4.98 Å². The molecule has 0 radical (unpaired) electrons. The van der Waals surface area contributed by atoms with E-state index in [4.69, 9.17) is 39.9 Å². The number of halogens is 3. The topological polar surface area (TPSA) is 53.1 Å². The van der Waals surface area contributed by atoms with Crippen molar-refractivity contribution in [3.63, 3.8) is 0 Å². The summed E-state index contributed by atoms with van der Waals surface area (Å²) >= 11 is 17.5. The maximum absolute atomic E-state index is 12.0. The molecule has 1 aromatic carbocycles. The normalized spacial score (nSPS) is 10.7. The van der Waals surface area contributed by atoms with Crippen LogP contribution < -0.4 is 0 Å². The van der Waals surface area contributed by atoms with Crippen molar-refractivity contribution in [3.05, 3.63) is 50.7 Å². The maximum Gasteiger partial charge on any atom is 0.180 e. The number of hydrogen-bond donors (Lipinski definition) is 2. The van der Waals surface area contributed by atoms with E-state index in [1.54, 1.807) is 24.3 Å². The van der Waals surface area contributed by atoms with Gasteiger partial charge in [-0.2, -0.15) is 0 Å². The van der Waals surface area contributed by atoms with E-state index in [0.29, 0.717) is 6.42 Å². The molecule has 0 aliphatic rings. The molecule has 0 fully saturated rings. The van der Waals surface area contributed by atoms with Crippen LogP contribution in [0.1, 0.15) is 22.5 Å². The summed E-state index contributed by atoms with van der Waals surface area (Å²) in [5, 5.41) is 9.65. The molecule has 0 amide bonds. The molecule has 1 aromatic heterocycles. The van der Waals surface area contributed by atoms with Crippen LogP contribution in [0.5, 0.6) is 5.75 Å². The Bertz CT molecular complexity index is 605. The fraction of sp³-hybridized carbons (Fsp3) is 0.154. The van der Waals surface area contributed by atoms with Gasteiger partial charge in [-0.05, 0) is 24.1 Å². The van der Waals surface area contributed by atoms with Crippen molar-refractivity contribution in [1.29, 1.82) is 0 Å².